The summed E-state index contributed by atoms with van der Waals surface area (Å²) in [6.45, 7) is 6.93. The summed E-state index contributed by atoms with van der Waals surface area (Å²) in [7, 11) is 1.70. The SMILES string of the molecule is CCN(CC)C(CNC(=O)CC1CC2CCC1C2)c1cccc(OC)c1. The lowest BCUT2D eigenvalue weighted by Crippen LogP contribution is -2.38. The van der Waals surface area contributed by atoms with Gasteiger partial charge in [0.05, 0.1) is 13.2 Å². The molecule has 144 valence electrons. The molecule has 0 aromatic heterocycles. The first-order chi connectivity index (χ1) is 12.6. The molecule has 1 aromatic carbocycles. The number of carbonyl (C=O) groups is 1. The maximum Gasteiger partial charge on any atom is 0.220 e. The topological polar surface area (TPSA) is 41.6 Å². The Kier molecular flexibility index (Phi) is 6.58. The smallest absolute Gasteiger partial charge is 0.220 e. The van der Waals surface area contributed by atoms with Crippen LogP contribution in [-0.4, -0.2) is 37.6 Å². The number of hydrogen-bond donors (Lipinski definition) is 1. The molecule has 0 heterocycles. The molecule has 0 aliphatic heterocycles. The van der Waals surface area contributed by atoms with Crippen LogP contribution in [-0.2, 0) is 4.79 Å². The van der Waals surface area contributed by atoms with E-state index in [4.69, 9.17) is 4.74 Å². The number of nitrogens with zero attached hydrogens (tertiary/aromatic N) is 1. The highest BCUT2D eigenvalue weighted by molar-refractivity contribution is 5.76. The Morgan fingerprint density at radius 3 is 2.69 bits per heavy atom. The molecular formula is C22H34N2O2. The third kappa shape index (κ3) is 4.40. The van der Waals surface area contributed by atoms with E-state index in [-0.39, 0.29) is 11.9 Å². The van der Waals surface area contributed by atoms with Crippen LogP contribution in [0.2, 0.25) is 0 Å². The minimum Gasteiger partial charge on any atom is -0.497 e. The molecule has 0 spiro atoms. The number of nitrogens with one attached hydrogen (secondary N) is 1. The number of hydrogen-bond acceptors (Lipinski definition) is 3. The summed E-state index contributed by atoms with van der Waals surface area (Å²) in [5.74, 6) is 3.42. The van der Waals surface area contributed by atoms with Gasteiger partial charge in [0.2, 0.25) is 5.91 Å². The maximum absolute atomic E-state index is 12.6. The number of rotatable bonds is 9. The van der Waals surface area contributed by atoms with E-state index < -0.39 is 0 Å². The zero-order valence-corrected chi connectivity index (χ0v) is 16.5. The van der Waals surface area contributed by atoms with Gasteiger partial charge in [-0.25, -0.2) is 0 Å². The predicted octanol–water partition coefficient (Wildman–Crippen LogP) is 4.02. The molecule has 2 bridgehead atoms. The summed E-state index contributed by atoms with van der Waals surface area (Å²) >= 11 is 0. The normalized spacial score (nSPS) is 25.5. The van der Waals surface area contributed by atoms with Crippen molar-refractivity contribution in [1.82, 2.24) is 10.2 Å². The first-order valence-electron chi connectivity index (χ1n) is 10.3. The molecule has 0 saturated heterocycles. The molecule has 2 fully saturated rings. The van der Waals surface area contributed by atoms with E-state index in [9.17, 15) is 4.79 Å². The van der Waals surface area contributed by atoms with Gasteiger partial charge < -0.3 is 10.1 Å². The zero-order chi connectivity index (χ0) is 18.5. The third-order valence-corrected chi connectivity index (χ3v) is 6.56. The van der Waals surface area contributed by atoms with E-state index in [0.717, 1.165) is 30.7 Å². The van der Waals surface area contributed by atoms with Gasteiger partial charge >= 0.3 is 0 Å². The van der Waals surface area contributed by atoms with Crippen molar-refractivity contribution >= 4 is 5.91 Å². The Morgan fingerprint density at radius 2 is 2.08 bits per heavy atom. The molecule has 2 saturated carbocycles. The summed E-state index contributed by atoms with van der Waals surface area (Å²) in [6.07, 6.45) is 6.08. The van der Waals surface area contributed by atoms with Crippen LogP contribution >= 0.6 is 0 Å². The van der Waals surface area contributed by atoms with Crippen molar-refractivity contribution in [3.8, 4) is 5.75 Å². The second-order valence-electron chi connectivity index (χ2n) is 7.96. The molecule has 2 aliphatic carbocycles. The highest BCUT2D eigenvalue weighted by Gasteiger charge is 2.40. The van der Waals surface area contributed by atoms with Crippen LogP contribution in [0.1, 0.15) is 57.6 Å². The highest BCUT2D eigenvalue weighted by atomic mass is 16.5. The molecule has 4 nitrogen and oxygen atoms in total. The van der Waals surface area contributed by atoms with Crippen molar-refractivity contribution in [2.75, 3.05) is 26.7 Å². The van der Waals surface area contributed by atoms with Gasteiger partial charge in [-0.3, -0.25) is 9.69 Å². The minimum atomic E-state index is 0.184. The second-order valence-corrected chi connectivity index (χ2v) is 7.96. The molecule has 1 amide bonds. The first kappa shape index (κ1) is 19.2. The second kappa shape index (κ2) is 8.90. The molecule has 4 heteroatoms. The van der Waals surface area contributed by atoms with Gasteiger partial charge in [0.15, 0.2) is 0 Å². The average Bonchev–Trinajstić information content (AvgIpc) is 3.28. The summed E-state index contributed by atoms with van der Waals surface area (Å²) < 4.78 is 5.39. The van der Waals surface area contributed by atoms with Crippen LogP contribution in [0.4, 0.5) is 0 Å². The van der Waals surface area contributed by atoms with Crippen molar-refractivity contribution in [3.05, 3.63) is 29.8 Å². The summed E-state index contributed by atoms with van der Waals surface area (Å²) in [5.41, 5.74) is 1.20. The van der Waals surface area contributed by atoms with E-state index in [1.807, 2.05) is 12.1 Å². The van der Waals surface area contributed by atoms with Crippen LogP contribution in [0.25, 0.3) is 0 Å². The Bertz CT molecular complexity index is 600. The van der Waals surface area contributed by atoms with Crippen molar-refractivity contribution in [3.63, 3.8) is 0 Å². The molecule has 1 aromatic rings. The standard InChI is InChI=1S/C22H34N2O2/c1-4-24(5-2)21(18-7-6-8-20(13-18)26-3)15-23-22(25)14-19-12-16-9-10-17(19)11-16/h6-8,13,16-17,19,21H,4-5,9-12,14-15H2,1-3H3,(H,23,25). The highest BCUT2D eigenvalue weighted by Crippen LogP contribution is 2.49. The summed E-state index contributed by atoms with van der Waals surface area (Å²) in [4.78, 5) is 15.0. The summed E-state index contributed by atoms with van der Waals surface area (Å²) in [6, 6.07) is 8.40. The number of benzene rings is 1. The number of amides is 1. The fraction of sp³-hybridized carbons (Fsp3) is 0.682. The van der Waals surface area contributed by atoms with Crippen molar-refractivity contribution in [2.45, 2.75) is 52.0 Å². The Balaban J connectivity index is 1.60. The molecule has 4 atom stereocenters. The fourth-order valence-corrected chi connectivity index (χ4v) is 5.12. The van der Waals surface area contributed by atoms with Gasteiger partial charge in [0.1, 0.15) is 5.75 Å². The first-order valence-corrected chi connectivity index (χ1v) is 10.3. The van der Waals surface area contributed by atoms with E-state index in [1.165, 1.54) is 31.2 Å². The van der Waals surface area contributed by atoms with E-state index in [1.54, 1.807) is 7.11 Å². The predicted molar refractivity (Wildman–Crippen MR) is 105 cm³/mol. The van der Waals surface area contributed by atoms with E-state index in [0.29, 0.717) is 18.9 Å². The number of ether oxygens (including phenoxy) is 1. The lowest BCUT2D eigenvalue weighted by molar-refractivity contribution is -0.122. The van der Waals surface area contributed by atoms with Gasteiger partial charge in [0.25, 0.3) is 0 Å². The van der Waals surface area contributed by atoms with Gasteiger partial charge in [-0.2, -0.15) is 0 Å². The van der Waals surface area contributed by atoms with Gasteiger partial charge in [-0.15, -0.1) is 0 Å². The molecule has 26 heavy (non-hydrogen) atoms. The number of methoxy groups -OCH3 is 1. The zero-order valence-electron chi connectivity index (χ0n) is 16.5. The van der Waals surface area contributed by atoms with Crippen molar-refractivity contribution in [2.24, 2.45) is 17.8 Å². The quantitative estimate of drug-likeness (QED) is 0.725. The van der Waals surface area contributed by atoms with Crippen LogP contribution in [0, 0.1) is 17.8 Å². The van der Waals surface area contributed by atoms with Crippen LogP contribution in [0.15, 0.2) is 24.3 Å². The number of carbonyl (C=O) groups excluding carboxylic acids is 1. The van der Waals surface area contributed by atoms with Crippen molar-refractivity contribution in [1.29, 1.82) is 0 Å². The fourth-order valence-electron chi connectivity index (χ4n) is 5.12. The number of fused-ring (bicyclic) bond motifs is 2. The van der Waals surface area contributed by atoms with E-state index >= 15 is 0 Å². The molecule has 2 aliphatic rings. The summed E-state index contributed by atoms with van der Waals surface area (Å²) in [5, 5.41) is 3.23. The number of likely N-dealkylation sites (N-methyl/N-ethyl adjacent to an activating group) is 1. The molecule has 0 radical (unpaired) electrons. The van der Waals surface area contributed by atoms with Crippen LogP contribution in [0.5, 0.6) is 5.75 Å². The minimum absolute atomic E-state index is 0.184. The Hall–Kier alpha value is -1.55. The van der Waals surface area contributed by atoms with Crippen molar-refractivity contribution < 1.29 is 9.53 Å². The molecular weight excluding hydrogens is 324 g/mol. The van der Waals surface area contributed by atoms with E-state index in [2.05, 4.69) is 36.2 Å². The maximum atomic E-state index is 12.6. The molecule has 3 rings (SSSR count). The average molecular weight is 359 g/mol. The van der Waals surface area contributed by atoms with Gasteiger partial charge in [-0.1, -0.05) is 32.4 Å². The lowest BCUT2D eigenvalue weighted by Gasteiger charge is -2.31. The third-order valence-electron chi connectivity index (χ3n) is 6.56. The van der Waals surface area contributed by atoms with Crippen LogP contribution in [0.3, 0.4) is 0 Å². The van der Waals surface area contributed by atoms with Gasteiger partial charge in [0, 0.05) is 13.0 Å². The van der Waals surface area contributed by atoms with Crippen LogP contribution < -0.4 is 10.1 Å². The largest absolute Gasteiger partial charge is 0.497 e. The molecule has 4 unspecified atom stereocenters. The van der Waals surface area contributed by atoms with Gasteiger partial charge in [-0.05, 0) is 67.8 Å². The lowest BCUT2D eigenvalue weighted by atomic mass is 9.86. The Labute approximate surface area is 158 Å². The Morgan fingerprint density at radius 1 is 1.27 bits per heavy atom. The molecule has 1 N–H and O–H groups in total. The monoisotopic (exact) mass is 358 g/mol.